The summed E-state index contributed by atoms with van der Waals surface area (Å²) in [6.07, 6.45) is 0. The summed E-state index contributed by atoms with van der Waals surface area (Å²) in [7, 11) is 0. The van der Waals surface area contributed by atoms with Gasteiger partial charge in [-0.1, -0.05) is 163 Å². The van der Waals surface area contributed by atoms with E-state index in [1.54, 1.807) is 24.3 Å². The number of nitrogens with zero attached hydrogens (tertiary/aromatic N) is 2. The van der Waals surface area contributed by atoms with Gasteiger partial charge in [0.15, 0.2) is 0 Å². The molecule has 2 nitrogen and oxygen atoms in total. The zero-order valence-corrected chi connectivity index (χ0v) is 32.0. The van der Waals surface area contributed by atoms with E-state index in [0.717, 1.165) is 82.4 Å². The van der Waals surface area contributed by atoms with E-state index in [9.17, 15) is 2.74 Å². The highest BCUT2D eigenvalue weighted by Crippen LogP contribution is 2.47. The molecule has 286 valence electrons. The second-order valence-electron chi connectivity index (χ2n) is 14.7. The Kier molecular flexibility index (Phi) is 5.30. The minimum Gasteiger partial charge on any atom is -0.309 e. The molecule has 0 unspecified atom stereocenters. The first kappa shape index (κ1) is 23.0. The standard InChI is InChI=1S/C58H37FN2/c59-53-37-43(38-15-5-1-6-16-38)36-51(39-17-7-2-8-18-39)58(53)60(44-19-9-3-10-20-44)46-30-27-40(28-31-46)47-32-29-41-25-26-42-35-52-48-23-13-14-24-54(48)61(45-21-11-4-12-22-45)57(52)50-34-33-49(47)55(41)56(42)50/h1-37H/i1D,2D,3D,5D,6D,7D,8D,9D,10D,15D,16D,17D,18D,19D,20D. The van der Waals surface area contributed by atoms with Crippen molar-refractivity contribution in [2.24, 2.45) is 0 Å². The third-order valence-corrected chi connectivity index (χ3v) is 11.4. The number of fused-ring (bicyclic) bond motifs is 4. The Morgan fingerprint density at radius 3 is 1.84 bits per heavy atom. The van der Waals surface area contributed by atoms with E-state index < -0.39 is 125 Å². The molecule has 0 radical (unpaired) electrons. The van der Waals surface area contributed by atoms with Gasteiger partial charge in [0.1, 0.15) is 5.82 Å². The fraction of sp³-hybridized carbons (Fsp3) is 0. The molecule has 12 rings (SSSR count). The van der Waals surface area contributed by atoms with Gasteiger partial charge in [0.2, 0.25) is 0 Å². The first-order valence-electron chi connectivity index (χ1n) is 27.1. The van der Waals surface area contributed by atoms with Crippen molar-refractivity contribution < 1.29 is 25.0 Å². The van der Waals surface area contributed by atoms with E-state index in [-0.39, 0.29) is 11.3 Å². The number of para-hydroxylation sites is 3. The molecule has 61 heavy (non-hydrogen) atoms. The lowest BCUT2D eigenvalue weighted by atomic mass is 9.89. The summed E-state index contributed by atoms with van der Waals surface area (Å²) in [4.78, 5) is 1.03. The minimum absolute atomic E-state index is 0.0270. The van der Waals surface area contributed by atoms with Crippen LogP contribution in [0.2, 0.25) is 0 Å². The van der Waals surface area contributed by atoms with Crippen LogP contribution in [-0.4, -0.2) is 4.57 Å². The number of rotatable bonds is 7. The molecule has 0 aliphatic carbocycles. The van der Waals surface area contributed by atoms with Gasteiger partial charge in [-0.25, -0.2) is 4.39 Å². The zero-order valence-electron chi connectivity index (χ0n) is 47.0. The average Bonchev–Trinajstić information content (AvgIpc) is 3.77. The third kappa shape index (κ3) is 5.62. The Labute approximate surface area is 374 Å². The van der Waals surface area contributed by atoms with Crippen molar-refractivity contribution in [1.82, 2.24) is 4.57 Å². The smallest absolute Gasteiger partial charge is 0.148 e. The molecule has 0 fully saturated rings. The van der Waals surface area contributed by atoms with Crippen LogP contribution in [0, 0.1) is 5.82 Å². The van der Waals surface area contributed by atoms with Crippen LogP contribution in [0.15, 0.2) is 224 Å². The molecule has 0 spiro atoms. The second kappa shape index (κ2) is 14.1. The summed E-state index contributed by atoms with van der Waals surface area (Å²) >= 11 is 0. The highest BCUT2D eigenvalue weighted by Gasteiger charge is 2.24. The Balaban J connectivity index is 1.11. The predicted molar refractivity (Wildman–Crippen MR) is 255 cm³/mol. The summed E-state index contributed by atoms with van der Waals surface area (Å²) in [5, 5.41) is 8.35. The molecule has 0 N–H and O–H groups in total. The first-order chi connectivity index (χ1) is 36.4. The van der Waals surface area contributed by atoms with Gasteiger partial charge in [0.25, 0.3) is 0 Å². The molecule has 1 heterocycles. The first-order valence-corrected chi connectivity index (χ1v) is 19.6. The van der Waals surface area contributed by atoms with E-state index in [4.69, 9.17) is 17.8 Å². The van der Waals surface area contributed by atoms with E-state index in [1.807, 2.05) is 42.5 Å². The van der Waals surface area contributed by atoms with Crippen molar-refractivity contribution in [1.29, 1.82) is 0 Å². The third-order valence-electron chi connectivity index (χ3n) is 11.4. The molecule has 0 atom stereocenters. The lowest BCUT2D eigenvalue weighted by Crippen LogP contribution is -2.13. The van der Waals surface area contributed by atoms with Gasteiger partial charge < -0.3 is 9.47 Å². The predicted octanol–water partition coefficient (Wildman–Crippen LogP) is 16.3. The Hall–Kier alpha value is -8.01. The molecule has 11 aromatic carbocycles. The van der Waals surface area contributed by atoms with Crippen LogP contribution >= 0.6 is 0 Å². The Morgan fingerprint density at radius 2 is 1.07 bits per heavy atom. The van der Waals surface area contributed by atoms with Crippen LogP contribution in [0.1, 0.15) is 20.6 Å². The second-order valence-corrected chi connectivity index (χ2v) is 14.7. The number of aromatic nitrogens is 1. The maximum atomic E-state index is 17.9. The summed E-state index contributed by atoms with van der Waals surface area (Å²) < 4.78 is 151. The molecule has 0 aliphatic heterocycles. The summed E-state index contributed by atoms with van der Waals surface area (Å²) in [5.41, 5.74) is 1.69. The van der Waals surface area contributed by atoms with Gasteiger partial charge in [-0.3, -0.25) is 0 Å². The monoisotopic (exact) mass is 795 g/mol. The van der Waals surface area contributed by atoms with E-state index >= 15 is 4.39 Å². The fourth-order valence-electron chi connectivity index (χ4n) is 8.88. The topological polar surface area (TPSA) is 8.17 Å². The van der Waals surface area contributed by atoms with E-state index in [1.165, 1.54) is 0 Å². The largest absolute Gasteiger partial charge is 0.309 e. The molecule has 0 aliphatic rings. The van der Waals surface area contributed by atoms with Gasteiger partial charge in [0.05, 0.1) is 37.3 Å². The van der Waals surface area contributed by atoms with Gasteiger partial charge >= 0.3 is 0 Å². The molecule has 12 aromatic rings. The minimum atomic E-state index is -1.26. The molecule has 0 saturated heterocycles. The molecule has 0 bridgehead atoms. The molecule has 0 saturated carbocycles. The number of anilines is 3. The lowest BCUT2D eigenvalue weighted by molar-refractivity contribution is 0.630. The molecular formula is C58H37FN2. The van der Waals surface area contributed by atoms with Crippen molar-refractivity contribution in [3.05, 3.63) is 230 Å². The Bertz CT molecular complexity index is 4400. The highest BCUT2D eigenvalue weighted by molar-refractivity contribution is 6.32. The number of hydrogen-bond acceptors (Lipinski definition) is 1. The van der Waals surface area contributed by atoms with Crippen LogP contribution in [0.3, 0.4) is 0 Å². The van der Waals surface area contributed by atoms with E-state index in [2.05, 4.69) is 59.2 Å². The highest BCUT2D eigenvalue weighted by atomic mass is 19.1. The SMILES string of the molecule is [2H]c1c([2H])c([2H])c(-c2cc(F)c(N(c3ccc(-c4ccc5ccc6cc7c8ccccc8n(-c8ccccc8)c7c7ccc4c5c67)cc3)c3c([2H])c([2H])c([2H])c([2H])c3[2H])c(-c3c([2H])c([2H])c([2H])c([2H])c3[2H])c2)c([2H])c1[2H]. The van der Waals surface area contributed by atoms with Crippen LogP contribution < -0.4 is 4.90 Å². The molecule has 3 heteroatoms. The van der Waals surface area contributed by atoms with Crippen molar-refractivity contribution in [2.75, 3.05) is 4.90 Å². The lowest BCUT2D eigenvalue weighted by Gasteiger charge is -2.29. The number of hydrogen-bond donors (Lipinski definition) is 0. The normalized spacial score (nSPS) is 15.1. The fourth-order valence-corrected chi connectivity index (χ4v) is 8.88. The molecular weight excluding hydrogens is 744 g/mol. The number of halogens is 1. The van der Waals surface area contributed by atoms with Crippen molar-refractivity contribution in [2.45, 2.75) is 0 Å². The van der Waals surface area contributed by atoms with Gasteiger partial charge in [-0.2, -0.15) is 0 Å². The van der Waals surface area contributed by atoms with Crippen LogP contribution in [-0.2, 0) is 0 Å². The molecule has 1 aromatic heterocycles. The van der Waals surface area contributed by atoms with Gasteiger partial charge in [0, 0.05) is 38.8 Å². The summed E-state index contributed by atoms with van der Waals surface area (Å²) in [6.45, 7) is 0. The van der Waals surface area contributed by atoms with Crippen molar-refractivity contribution >= 4 is 71.2 Å². The van der Waals surface area contributed by atoms with Crippen LogP contribution in [0.25, 0.3) is 93.2 Å². The Morgan fingerprint density at radius 1 is 0.426 bits per heavy atom. The maximum Gasteiger partial charge on any atom is 0.148 e. The maximum absolute atomic E-state index is 17.9. The van der Waals surface area contributed by atoms with Crippen LogP contribution in [0.5, 0.6) is 0 Å². The van der Waals surface area contributed by atoms with E-state index in [0.29, 0.717) is 5.56 Å². The molecule has 0 amide bonds. The average molecular weight is 796 g/mol. The van der Waals surface area contributed by atoms with Gasteiger partial charge in [-0.15, -0.1) is 0 Å². The summed E-state index contributed by atoms with van der Waals surface area (Å²) in [6, 6.07) is 30.5. The zero-order chi connectivity index (χ0) is 53.5. The quantitative estimate of drug-likeness (QED) is 0.146. The van der Waals surface area contributed by atoms with Crippen LogP contribution in [0.4, 0.5) is 21.5 Å². The van der Waals surface area contributed by atoms with Crippen molar-refractivity contribution in [3.8, 4) is 39.1 Å². The number of benzene rings is 11. The summed E-state index contributed by atoms with van der Waals surface area (Å²) in [5.74, 6) is -1.26. The van der Waals surface area contributed by atoms with Gasteiger partial charge in [-0.05, 0) is 115 Å². The van der Waals surface area contributed by atoms with Crippen molar-refractivity contribution in [3.63, 3.8) is 0 Å².